The maximum absolute atomic E-state index is 5.83. The molecule has 0 spiro atoms. The van der Waals surface area contributed by atoms with Crippen LogP contribution in [0.2, 0.25) is 5.15 Å². The molecule has 1 atom stereocenters. The monoisotopic (exact) mass is 257 g/mol. The van der Waals surface area contributed by atoms with Crippen molar-refractivity contribution < 1.29 is 0 Å². The van der Waals surface area contributed by atoms with E-state index in [-0.39, 0.29) is 0 Å². The number of aromatic nitrogens is 2. The molecule has 0 amide bonds. The molecule has 1 aliphatic heterocycles. The fourth-order valence-electron chi connectivity index (χ4n) is 2.32. The van der Waals surface area contributed by atoms with Crippen LogP contribution in [-0.2, 0) is 6.54 Å². The van der Waals surface area contributed by atoms with Crippen molar-refractivity contribution in [1.82, 2.24) is 20.0 Å². The first-order valence-electron chi connectivity index (χ1n) is 6.05. The van der Waals surface area contributed by atoms with Crippen molar-refractivity contribution >= 4 is 17.4 Å². The SMILES string of the molecule is CNCCN1CCC(Cn2nc(Cl)cc2N)C1. The molecule has 5 nitrogen and oxygen atoms in total. The van der Waals surface area contributed by atoms with Crippen molar-refractivity contribution in [2.24, 2.45) is 5.92 Å². The summed E-state index contributed by atoms with van der Waals surface area (Å²) in [6.07, 6.45) is 1.21. The molecule has 96 valence electrons. The molecule has 1 unspecified atom stereocenters. The molecular formula is C11H20ClN5. The summed E-state index contributed by atoms with van der Waals surface area (Å²) in [5.41, 5.74) is 5.83. The van der Waals surface area contributed by atoms with Gasteiger partial charge in [-0.05, 0) is 25.9 Å². The predicted molar refractivity (Wildman–Crippen MR) is 70.1 cm³/mol. The van der Waals surface area contributed by atoms with Gasteiger partial charge in [-0.1, -0.05) is 11.6 Å². The number of rotatable bonds is 5. The van der Waals surface area contributed by atoms with Gasteiger partial charge in [0.2, 0.25) is 0 Å². The highest BCUT2D eigenvalue weighted by molar-refractivity contribution is 6.29. The zero-order valence-electron chi connectivity index (χ0n) is 10.2. The Kier molecular flexibility index (Phi) is 4.25. The third-order valence-electron chi connectivity index (χ3n) is 3.26. The Morgan fingerprint density at radius 3 is 3.12 bits per heavy atom. The van der Waals surface area contributed by atoms with Gasteiger partial charge in [0.05, 0.1) is 0 Å². The van der Waals surface area contributed by atoms with E-state index in [1.165, 1.54) is 13.0 Å². The summed E-state index contributed by atoms with van der Waals surface area (Å²) in [6, 6.07) is 1.70. The number of nitrogens with one attached hydrogen (secondary N) is 1. The Labute approximate surface area is 107 Å². The normalized spacial score (nSPS) is 21.2. The summed E-state index contributed by atoms with van der Waals surface area (Å²) < 4.78 is 1.81. The molecule has 1 aromatic rings. The van der Waals surface area contributed by atoms with Gasteiger partial charge in [0.25, 0.3) is 0 Å². The lowest BCUT2D eigenvalue weighted by molar-refractivity contribution is 0.315. The Balaban J connectivity index is 1.83. The average Bonchev–Trinajstić information content (AvgIpc) is 2.84. The minimum atomic E-state index is 0.479. The van der Waals surface area contributed by atoms with Crippen molar-refractivity contribution in [3.05, 3.63) is 11.2 Å². The predicted octanol–water partition coefficient (Wildman–Crippen LogP) is 0.660. The molecule has 1 fully saturated rings. The molecule has 1 saturated heterocycles. The first-order valence-corrected chi connectivity index (χ1v) is 6.42. The van der Waals surface area contributed by atoms with Gasteiger partial charge >= 0.3 is 0 Å². The molecule has 0 saturated carbocycles. The average molecular weight is 258 g/mol. The second-order valence-electron chi connectivity index (χ2n) is 4.63. The van der Waals surface area contributed by atoms with Crippen LogP contribution in [0.1, 0.15) is 6.42 Å². The molecule has 6 heteroatoms. The summed E-state index contributed by atoms with van der Waals surface area (Å²) in [6.45, 7) is 5.32. The highest BCUT2D eigenvalue weighted by atomic mass is 35.5. The third-order valence-corrected chi connectivity index (χ3v) is 3.45. The number of likely N-dealkylation sites (tertiary alicyclic amines) is 1. The van der Waals surface area contributed by atoms with E-state index < -0.39 is 0 Å². The molecule has 0 bridgehead atoms. The van der Waals surface area contributed by atoms with Crippen molar-refractivity contribution in [2.75, 3.05) is 39.0 Å². The Hall–Kier alpha value is -0.780. The third kappa shape index (κ3) is 3.34. The molecule has 2 rings (SSSR count). The van der Waals surface area contributed by atoms with Crippen LogP contribution in [0.25, 0.3) is 0 Å². The maximum Gasteiger partial charge on any atom is 0.153 e. The Morgan fingerprint density at radius 2 is 2.47 bits per heavy atom. The number of hydrogen-bond acceptors (Lipinski definition) is 4. The van der Waals surface area contributed by atoms with Gasteiger partial charge in [0, 0.05) is 32.2 Å². The smallest absolute Gasteiger partial charge is 0.153 e. The lowest BCUT2D eigenvalue weighted by Gasteiger charge is -2.15. The fraction of sp³-hybridized carbons (Fsp3) is 0.727. The van der Waals surface area contributed by atoms with E-state index in [2.05, 4.69) is 15.3 Å². The van der Waals surface area contributed by atoms with Crippen LogP contribution in [-0.4, -0.2) is 47.9 Å². The van der Waals surface area contributed by atoms with Crippen molar-refractivity contribution in [3.63, 3.8) is 0 Å². The van der Waals surface area contributed by atoms with Gasteiger partial charge < -0.3 is 16.0 Å². The van der Waals surface area contributed by atoms with E-state index >= 15 is 0 Å². The summed E-state index contributed by atoms with van der Waals surface area (Å²) in [4.78, 5) is 2.47. The molecular weight excluding hydrogens is 238 g/mol. The summed E-state index contributed by atoms with van der Waals surface area (Å²) in [5, 5.41) is 7.84. The van der Waals surface area contributed by atoms with Crippen LogP contribution in [0.5, 0.6) is 0 Å². The summed E-state index contributed by atoms with van der Waals surface area (Å²) in [7, 11) is 1.99. The van der Waals surface area contributed by atoms with Gasteiger partial charge in [-0.15, -0.1) is 0 Å². The van der Waals surface area contributed by atoms with Crippen molar-refractivity contribution in [2.45, 2.75) is 13.0 Å². The van der Waals surface area contributed by atoms with E-state index in [0.29, 0.717) is 16.9 Å². The topological polar surface area (TPSA) is 59.1 Å². The number of likely N-dealkylation sites (N-methyl/N-ethyl adjacent to an activating group) is 1. The molecule has 0 aromatic carbocycles. The van der Waals surface area contributed by atoms with Gasteiger partial charge in [-0.2, -0.15) is 5.10 Å². The van der Waals surface area contributed by atoms with Gasteiger partial charge in [0.15, 0.2) is 5.15 Å². The fourth-order valence-corrected chi connectivity index (χ4v) is 2.53. The zero-order valence-corrected chi connectivity index (χ0v) is 11.0. The van der Waals surface area contributed by atoms with Crippen LogP contribution in [0.3, 0.4) is 0 Å². The minimum absolute atomic E-state index is 0.479. The number of nitrogens with zero attached hydrogens (tertiary/aromatic N) is 3. The molecule has 0 radical (unpaired) electrons. The lowest BCUT2D eigenvalue weighted by Crippen LogP contribution is -2.29. The molecule has 1 aromatic heterocycles. The standard InChI is InChI=1S/C11H20ClN5/c1-14-3-5-16-4-2-9(7-16)8-17-11(13)6-10(12)15-17/h6,9,14H,2-5,7-8,13H2,1H3. The second-order valence-corrected chi connectivity index (χ2v) is 5.02. The maximum atomic E-state index is 5.83. The van der Waals surface area contributed by atoms with Crippen LogP contribution in [0.4, 0.5) is 5.82 Å². The number of nitrogens with two attached hydrogens (primary N) is 1. The van der Waals surface area contributed by atoms with Crippen LogP contribution >= 0.6 is 11.6 Å². The van der Waals surface area contributed by atoms with E-state index in [1.807, 2.05) is 11.7 Å². The van der Waals surface area contributed by atoms with E-state index in [1.54, 1.807) is 6.07 Å². The lowest BCUT2D eigenvalue weighted by atomic mass is 10.1. The summed E-state index contributed by atoms with van der Waals surface area (Å²) in [5.74, 6) is 1.29. The van der Waals surface area contributed by atoms with E-state index in [4.69, 9.17) is 17.3 Å². The number of anilines is 1. The van der Waals surface area contributed by atoms with Gasteiger partial charge in [-0.25, -0.2) is 4.68 Å². The number of hydrogen-bond donors (Lipinski definition) is 2. The quantitative estimate of drug-likeness (QED) is 0.814. The second kappa shape index (κ2) is 5.71. The van der Waals surface area contributed by atoms with Crippen molar-refractivity contribution in [3.8, 4) is 0 Å². The Bertz CT molecular complexity index is 365. The van der Waals surface area contributed by atoms with E-state index in [9.17, 15) is 0 Å². The van der Waals surface area contributed by atoms with Gasteiger partial charge in [0.1, 0.15) is 5.82 Å². The minimum Gasteiger partial charge on any atom is -0.384 e. The van der Waals surface area contributed by atoms with Crippen LogP contribution < -0.4 is 11.1 Å². The largest absolute Gasteiger partial charge is 0.384 e. The van der Waals surface area contributed by atoms with E-state index in [0.717, 1.165) is 26.2 Å². The molecule has 17 heavy (non-hydrogen) atoms. The number of halogens is 1. The Morgan fingerprint density at radius 1 is 1.65 bits per heavy atom. The summed E-state index contributed by atoms with van der Waals surface area (Å²) >= 11 is 5.82. The highest BCUT2D eigenvalue weighted by Gasteiger charge is 2.23. The molecule has 1 aliphatic rings. The van der Waals surface area contributed by atoms with Crippen LogP contribution in [0.15, 0.2) is 6.07 Å². The number of nitrogen functional groups attached to an aromatic ring is 1. The highest BCUT2D eigenvalue weighted by Crippen LogP contribution is 2.20. The molecule has 3 N–H and O–H groups in total. The van der Waals surface area contributed by atoms with Gasteiger partial charge in [-0.3, -0.25) is 0 Å². The molecule has 2 heterocycles. The van der Waals surface area contributed by atoms with Crippen LogP contribution in [0, 0.1) is 5.92 Å². The zero-order chi connectivity index (χ0) is 12.3. The first kappa shape index (κ1) is 12.7. The first-order chi connectivity index (χ1) is 8.19. The van der Waals surface area contributed by atoms with Crippen molar-refractivity contribution in [1.29, 1.82) is 0 Å². The molecule has 0 aliphatic carbocycles.